The number of likely N-dealkylation sites (tertiary alicyclic amines) is 1. The van der Waals surface area contributed by atoms with Crippen LogP contribution in [-0.4, -0.2) is 59.4 Å². The molecular formula is C36H37Cl2N3O2S. The lowest BCUT2D eigenvalue weighted by Crippen LogP contribution is -2.36. The molecule has 5 nitrogen and oxygen atoms in total. The lowest BCUT2D eigenvalue weighted by molar-refractivity contribution is 0.0783. The Balaban J connectivity index is 1.31. The maximum Gasteiger partial charge on any atom is 0.254 e. The molecule has 0 spiro atoms. The first-order valence-electron chi connectivity index (χ1n) is 15.0. The summed E-state index contributed by atoms with van der Waals surface area (Å²) in [5.41, 5.74) is 3.71. The topological polar surface area (TPSA) is 64.4 Å². The minimum absolute atomic E-state index is 0.0493. The van der Waals surface area contributed by atoms with E-state index in [0.717, 1.165) is 65.7 Å². The number of hydrogen-bond acceptors (Lipinski definition) is 4. The first kappa shape index (κ1) is 32.2. The smallest absolute Gasteiger partial charge is 0.254 e. The fraction of sp³-hybridized carbons (Fsp3) is 0.333. The minimum atomic E-state index is -1.00. The highest BCUT2D eigenvalue weighted by Crippen LogP contribution is 2.33. The van der Waals surface area contributed by atoms with Crippen LogP contribution in [0.15, 0.2) is 83.8 Å². The van der Waals surface area contributed by atoms with Crippen molar-refractivity contribution in [3.63, 3.8) is 0 Å². The van der Waals surface area contributed by atoms with Crippen molar-refractivity contribution in [2.24, 2.45) is 0 Å². The van der Waals surface area contributed by atoms with E-state index in [1.165, 1.54) is 5.56 Å². The Labute approximate surface area is 272 Å². The monoisotopic (exact) mass is 645 g/mol. The Kier molecular flexibility index (Phi) is 10.8. The summed E-state index contributed by atoms with van der Waals surface area (Å²) in [5.74, 6) is 0.389. The molecule has 1 unspecified atom stereocenters. The lowest BCUT2D eigenvalue weighted by Gasteiger charge is -2.34. The van der Waals surface area contributed by atoms with Gasteiger partial charge in [0.2, 0.25) is 0 Å². The number of carbonyl (C=O) groups is 1. The van der Waals surface area contributed by atoms with Crippen molar-refractivity contribution in [3.05, 3.63) is 111 Å². The van der Waals surface area contributed by atoms with Gasteiger partial charge in [0, 0.05) is 36.2 Å². The predicted molar refractivity (Wildman–Crippen MR) is 181 cm³/mol. The second-order valence-corrected chi connectivity index (χ2v) is 13.8. The molecule has 0 saturated carbocycles. The van der Waals surface area contributed by atoms with Gasteiger partial charge < -0.3 is 9.80 Å². The van der Waals surface area contributed by atoms with Crippen molar-refractivity contribution < 1.29 is 9.00 Å². The number of carbonyl (C=O) groups excluding carboxylic acids is 1. The minimum Gasteiger partial charge on any atom is -0.341 e. The standard InChI is InChI=1S/C36H37Cl2N3O2S/c1-40(36(42)32-22-25(13-17-39)21-28-7-3-4-8-30(28)32)24-29(27-11-12-33(37)34(38)23-27)16-20-41-18-14-26(15-19-41)31-9-5-6-10-35(31)44(2)43/h3-12,21-23,26,29H,13-16,18-20,24H2,1-2H3/t29-,44?/m1/s1. The van der Waals surface area contributed by atoms with Crippen molar-refractivity contribution in [3.8, 4) is 6.07 Å². The number of halogens is 2. The van der Waals surface area contributed by atoms with Crippen LogP contribution in [0.2, 0.25) is 10.0 Å². The van der Waals surface area contributed by atoms with Gasteiger partial charge >= 0.3 is 0 Å². The fourth-order valence-electron chi connectivity index (χ4n) is 6.38. The fourth-order valence-corrected chi connectivity index (χ4v) is 7.52. The highest BCUT2D eigenvalue weighted by molar-refractivity contribution is 7.84. The highest BCUT2D eigenvalue weighted by Gasteiger charge is 2.26. The zero-order valence-electron chi connectivity index (χ0n) is 25.1. The van der Waals surface area contributed by atoms with E-state index in [1.54, 1.807) is 11.2 Å². The van der Waals surface area contributed by atoms with Gasteiger partial charge in [-0.2, -0.15) is 5.26 Å². The third kappa shape index (κ3) is 7.53. The van der Waals surface area contributed by atoms with Gasteiger partial charge in [0.25, 0.3) is 5.91 Å². The Morgan fingerprint density at radius 3 is 2.48 bits per heavy atom. The number of rotatable bonds is 10. The van der Waals surface area contributed by atoms with Gasteiger partial charge in [0.05, 0.1) is 33.3 Å². The van der Waals surface area contributed by atoms with Gasteiger partial charge in [-0.05, 0) is 96.5 Å². The molecule has 8 heteroatoms. The number of fused-ring (bicyclic) bond motifs is 1. The van der Waals surface area contributed by atoms with E-state index in [4.69, 9.17) is 23.2 Å². The Morgan fingerprint density at radius 1 is 1.02 bits per heavy atom. The molecule has 228 valence electrons. The van der Waals surface area contributed by atoms with E-state index < -0.39 is 10.8 Å². The summed E-state index contributed by atoms with van der Waals surface area (Å²) in [4.78, 5) is 19.2. The van der Waals surface area contributed by atoms with Crippen molar-refractivity contribution in [2.75, 3.05) is 39.5 Å². The summed E-state index contributed by atoms with van der Waals surface area (Å²) in [6, 6.07) is 27.7. The number of nitriles is 1. The zero-order chi connectivity index (χ0) is 31.2. The van der Waals surface area contributed by atoms with E-state index in [-0.39, 0.29) is 18.2 Å². The van der Waals surface area contributed by atoms with E-state index >= 15 is 0 Å². The SMILES string of the molecule is CN(C[C@@H](CCN1CCC(c2ccccc2S(C)=O)CC1)c1ccc(Cl)c(Cl)c1)C(=O)c1cc(CC#N)cc2ccccc12. The molecule has 1 amide bonds. The highest BCUT2D eigenvalue weighted by atomic mass is 35.5. The molecule has 1 aliphatic heterocycles. The third-order valence-electron chi connectivity index (χ3n) is 8.74. The molecule has 2 atom stereocenters. The summed E-state index contributed by atoms with van der Waals surface area (Å²) in [6.07, 6.45) is 4.90. The van der Waals surface area contributed by atoms with Crippen LogP contribution in [-0.2, 0) is 17.2 Å². The summed E-state index contributed by atoms with van der Waals surface area (Å²) in [5, 5.41) is 12.2. The van der Waals surface area contributed by atoms with Crippen molar-refractivity contribution in [1.82, 2.24) is 9.80 Å². The second-order valence-electron chi connectivity index (χ2n) is 11.7. The number of piperidine rings is 1. The molecule has 4 aromatic carbocycles. The average Bonchev–Trinajstić information content (AvgIpc) is 3.04. The van der Waals surface area contributed by atoms with Gasteiger partial charge in [0.1, 0.15) is 0 Å². The summed E-state index contributed by atoms with van der Waals surface area (Å²) in [6.45, 7) is 3.34. The van der Waals surface area contributed by atoms with Crippen molar-refractivity contribution >= 4 is 50.7 Å². The Bertz CT molecular complexity index is 1710. The first-order valence-corrected chi connectivity index (χ1v) is 17.3. The zero-order valence-corrected chi connectivity index (χ0v) is 27.5. The van der Waals surface area contributed by atoms with Gasteiger partial charge in [-0.1, -0.05) is 77.8 Å². The maximum absolute atomic E-state index is 13.9. The number of nitrogens with zero attached hydrogens (tertiary/aromatic N) is 3. The molecule has 4 aromatic rings. The summed E-state index contributed by atoms with van der Waals surface area (Å²) >= 11 is 12.7. The van der Waals surface area contributed by atoms with Gasteiger partial charge in [-0.3, -0.25) is 9.00 Å². The number of benzene rings is 4. The van der Waals surface area contributed by atoms with Crippen LogP contribution in [0.25, 0.3) is 10.8 Å². The molecule has 1 saturated heterocycles. The molecule has 0 aromatic heterocycles. The van der Waals surface area contributed by atoms with Gasteiger partial charge in [-0.25, -0.2) is 0 Å². The van der Waals surface area contributed by atoms with Crippen LogP contribution in [0.5, 0.6) is 0 Å². The molecule has 0 aliphatic carbocycles. The van der Waals surface area contributed by atoms with E-state index in [9.17, 15) is 14.3 Å². The largest absolute Gasteiger partial charge is 0.341 e. The average molecular weight is 647 g/mol. The van der Waals surface area contributed by atoms with Crippen molar-refractivity contribution in [1.29, 1.82) is 5.26 Å². The summed E-state index contributed by atoms with van der Waals surface area (Å²) in [7, 11) is 0.846. The van der Waals surface area contributed by atoms with Crippen LogP contribution in [0.1, 0.15) is 58.1 Å². The molecule has 0 radical (unpaired) electrons. The number of amides is 1. The van der Waals surface area contributed by atoms with Crippen LogP contribution >= 0.6 is 23.2 Å². The molecule has 44 heavy (non-hydrogen) atoms. The van der Waals surface area contributed by atoms with Crippen LogP contribution in [0, 0.1) is 11.3 Å². The second kappa shape index (κ2) is 14.7. The molecule has 0 N–H and O–H groups in total. The van der Waals surface area contributed by atoms with Gasteiger partial charge in [0.15, 0.2) is 0 Å². The van der Waals surface area contributed by atoms with E-state index in [2.05, 4.69) is 17.0 Å². The van der Waals surface area contributed by atoms with Crippen molar-refractivity contribution in [2.45, 2.75) is 42.4 Å². The van der Waals surface area contributed by atoms with E-state index in [1.807, 2.05) is 79.8 Å². The molecule has 0 bridgehead atoms. The Morgan fingerprint density at radius 2 is 1.75 bits per heavy atom. The van der Waals surface area contributed by atoms with E-state index in [0.29, 0.717) is 28.1 Å². The van der Waals surface area contributed by atoms with Crippen LogP contribution in [0.4, 0.5) is 0 Å². The quantitative estimate of drug-likeness (QED) is 0.175. The Hall–Kier alpha value is -3.21. The molecule has 5 rings (SSSR count). The van der Waals surface area contributed by atoms with Crippen LogP contribution in [0.3, 0.4) is 0 Å². The lowest BCUT2D eigenvalue weighted by atomic mass is 9.88. The molecule has 1 fully saturated rings. The molecule has 1 heterocycles. The molecular weight excluding hydrogens is 609 g/mol. The maximum atomic E-state index is 13.9. The summed E-state index contributed by atoms with van der Waals surface area (Å²) < 4.78 is 12.3. The van der Waals surface area contributed by atoms with Gasteiger partial charge in [-0.15, -0.1) is 0 Å². The van der Waals surface area contributed by atoms with Crippen LogP contribution < -0.4 is 0 Å². The molecule has 1 aliphatic rings. The first-order chi connectivity index (χ1) is 21.2. The third-order valence-corrected chi connectivity index (χ3v) is 10.5. The predicted octanol–water partition coefficient (Wildman–Crippen LogP) is 8.08. The number of hydrogen-bond donors (Lipinski definition) is 0. The normalized spacial score (nSPS) is 15.5. The number of likely N-dealkylation sites (N-methyl/N-ethyl adjacent to an activating group) is 1.